The molecule has 1 heterocycles. The molecule has 0 aliphatic carbocycles. The molecule has 0 fully saturated rings. The van der Waals surface area contributed by atoms with Gasteiger partial charge in [0.15, 0.2) is 0 Å². The lowest BCUT2D eigenvalue weighted by atomic mass is 10.1. The van der Waals surface area contributed by atoms with Crippen molar-refractivity contribution >= 4 is 39.8 Å². The summed E-state index contributed by atoms with van der Waals surface area (Å²) < 4.78 is 11.0. The molecule has 40 heavy (non-hydrogen) atoms. The number of non-ortho nitro benzene ring substituents is 1. The van der Waals surface area contributed by atoms with E-state index in [1.807, 2.05) is 61.5 Å². The smallest absolute Gasteiger partial charge is 0.397 e. The second kappa shape index (κ2) is 12.1. The molecular weight excluding hydrogens is 591 g/mol. The number of benzene rings is 4. The minimum atomic E-state index is -2.54. The van der Waals surface area contributed by atoms with Crippen LogP contribution in [-0.2, 0) is 0 Å². The fourth-order valence-electron chi connectivity index (χ4n) is 5.20. The van der Waals surface area contributed by atoms with Gasteiger partial charge in [-0.25, -0.2) is 4.79 Å². The van der Waals surface area contributed by atoms with Crippen molar-refractivity contribution in [3.63, 3.8) is 0 Å². The molecule has 0 saturated carbocycles. The van der Waals surface area contributed by atoms with Crippen LogP contribution >= 0.6 is 7.26 Å². The Morgan fingerprint density at radius 3 is 1.73 bits per heavy atom. The van der Waals surface area contributed by atoms with E-state index in [1.165, 1.54) is 12.1 Å². The molecule has 0 saturated heterocycles. The van der Waals surface area contributed by atoms with Crippen molar-refractivity contribution in [3.8, 4) is 6.08 Å². The van der Waals surface area contributed by atoms with Crippen LogP contribution in [0.3, 0.4) is 0 Å². The zero-order chi connectivity index (χ0) is 27.6. The molecule has 0 aliphatic heterocycles. The van der Waals surface area contributed by atoms with Crippen molar-refractivity contribution in [3.05, 3.63) is 129 Å². The largest absolute Gasteiger partial charge is 1.00 e. The van der Waals surface area contributed by atoms with Gasteiger partial charge in [0.05, 0.1) is 21.9 Å². The molecule has 1 aromatic heterocycles. The average molecular weight is 619 g/mol. The van der Waals surface area contributed by atoms with Gasteiger partial charge in [0.1, 0.15) is 28.8 Å². The first-order valence-corrected chi connectivity index (χ1v) is 14.5. The predicted molar refractivity (Wildman–Crippen MR) is 156 cm³/mol. The molecule has 7 nitrogen and oxygen atoms in total. The first-order chi connectivity index (χ1) is 18.8. The van der Waals surface area contributed by atoms with Gasteiger partial charge in [-0.2, -0.15) is 4.98 Å². The van der Waals surface area contributed by atoms with E-state index in [0.29, 0.717) is 5.56 Å². The Balaban J connectivity index is 0.00000370. The summed E-state index contributed by atoms with van der Waals surface area (Å²) >= 11 is 0. The van der Waals surface area contributed by atoms with Gasteiger partial charge in [0.2, 0.25) is 0 Å². The van der Waals surface area contributed by atoms with Crippen LogP contribution in [0.25, 0.3) is 10.9 Å². The van der Waals surface area contributed by atoms with Gasteiger partial charge in [-0.05, 0) is 57.2 Å². The van der Waals surface area contributed by atoms with Crippen molar-refractivity contribution in [2.24, 2.45) is 0 Å². The summed E-state index contributed by atoms with van der Waals surface area (Å²) in [6.07, 6.45) is -0.500. The molecule has 1 unspecified atom stereocenters. The Morgan fingerprint density at radius 2 is 1.30 bits per heavy atom. The lowest BCUT2D eigenvalue weighted by Gasteiger charge is -2.33. The monoisotopic (exact) mass is 618 g/mol. The van der Waals surface area contributed by atoms with Crippen LogP contribution in [0, 0.1) is 10.1 Å². The molecule has 0 radical (unpaired) electrons. The van der Waals surface area contributed by atoms with Crippen LogP contribution in [0.1, 0.15) is 32.0 Å². The minimum Gasteiger partial charge on any atom is -1.00 e. The highest BCUT2D eigenvalue weighted by Gasteiger charge is 2.52. The lowest BCUT2D eigenvalue weighted by molar-refractivity contribution is -0.384. The highest BCUT2D eigenvalue weighted by atomic mass is 79.9. The average Bonchev–Trinajstić information content (AvgIpc) is 2.94. The number of ether oxygens (including phenoxy) is 1. The normalized spacial score (nSPS) is 12.1. The van der Waals surface area contributed by atoms with Crippen molar-refractivity contribution in [2.75, 3.05) is 0 Å². The molecule has 1 atom stereocenters. The summed E-state index contributed by atoms with van der Waals surface area (Å²) in [6, 6.07) is 33.3. The van der Waals surface area contributed by atoms with Crippen LogP contribution in [0.5, 0.6) is 6.08 Å². The second-order valence-electron chi connectivity index (χ2n) is 9.53. The lowest BCUT2D eigenvalue weighted by Crippen LogP contribution is -3.00. The van der Waals surface area contributed by atoms with Gasteiger partial charge in [0.25, 0.3) is 5.69 Å². The van der Waals surface area contributed by atoms with Gasteiger partial charge in [-0.3, -0.25) is 10.1 Å². The standard InChI is InChI=1S/C31H28N2O5P.BrH/c1-21(2)37-31-32-28-20-23(33(35)36)19-27(29(28)30(34)38-31)22(3)39(24-13-7-4-8-14-24,25-15-9-5-10-16-25)26-17-11-6-12-18-26;/h4-22H,1-3H3;1H/q+1;/p-1. The van der Waals surface area contributed by atoms with E-state index in [2.05, 4.69) is 41.4 Å². The van der Waals surface area contributed by atoms with E-state index in [0.717, 1.165) is 15.9 Å². The number of nitrogens with zero attached hydrogens (tertiary/aromatic N) is 2. The van der Waals surface area contributed by atoms with Crippen molar-refractivity contribution in [1.29, 1.82) is 0 Å². The highest BCUT2D eigenvalue weighted by molar-refractivity contribution is 7.96. The molecule has 0 spiro atoms. The third-order valence-corrected chi connectivity index (χ3v) is 11.6. The zero-order valence-electron chi connectivity index (χ0n) is 22.2. The SMILES string of the molecule is CC(C)Oc1nc2cc([N+](=O)[O-])cc(C(C)[P+](c3ccccc3)(c3ccccc3)c3ccccc3)c2c(=O)o1.[Br-]. The molecule has 0 N–H and O–H groups in total. The number of aromatic nitrogens is 1. The van der Waals surface area contributed by atoms with E-state index in [-0.39, 0.29) is 51.4 Å². The molecule has 204 valence electrons. The third-order valence-electron chi connectivity index (χ3n) is 6.80. The van der Waals surface area contributed by atoms with Crippen LogP contribution in [0.4, 0.5) is 5.69 Å². The Kier molecular flexibility index (Phi) is 8.82. The maximum absolute atomic E-state index is 13.5. The highest BCUT2D eigenvalue weighted by Crippen LogP contribution is 2.67. The number of fused-ring (bicyclic) bond motifs is 1. The van der Waals surface area contributed by atoms with Gasteiger partial charge in [-0.15, -0.1) is 0 Å². The van der Waals surface area contributed by atoms with Crippen LogP contribution < -0.4 is 43.3 Å². The maximum Gasteiger partial charge on any atom is 0.397 e. The fourth-order valence-corrected chi connectivity index (χ4v) is 9.98. The number of halogens is 1. The summed E-state index contributed by atoms with van der Waals surface area (Å²) in [7, 11) is -2.54. The van der Waals surface area contributed by atoms with Gasteiger partial charge < -0.3 is 26.1 Å². The van der Waals surface area contributed by atoms with E-state index in [4.69, 9.17) is 9.15 Å². The number of nitro groups is 1. The summed E-state index contributed by atoms with van der Waals surface area (Å²) in [5, 5.41) is 15.6. The van der Waals surface area contributed by atoms with Crippen LogP contribution in [-0.4, -0.2) is 16.0 Å². The van der Waals surface area contributed by atoms with E-state index < -0.39 is 17.8 Å². The Morgan fingerprint density at radius 1 is 0.825 bits per heavy atom. The summed E-state index contributed by atoms with van der Waals surface area (Å²) in [5.41, 5.74) is -0.453. The molecule has 0 bridgehead atoms. The molecular formula is C31H28BrN2O5P. The number of nitro benzene ring substituents is 1. The van der Waals surface area contributed by atoms with E-state index in [1.54, 1.807) is 13.8 Å². The maximum atomic E-state index is 13.5. The topological polar surface area (TPSA) is 95.5 Å². The van der Waals surface area contributed by atoms with Crippen LogP contribution in [0.15, 0.2) is 112 Å². The molecule has 0 aliphatic rings. The van der Waals surface area contributed by atoms with Crippen molar-refractivity contribution < 1.29 is 31.1 Å². The van der Waals surface area contributed by atoms with E-state index in [9.17, 15) is 14.9 Å². The number of hydrogen-bond acceptors (Lipinski definition) is 6. The Bertz CT molecular complexity index is 1580. The second-order valence-corrected chi connectivity index (χ2v) is 13.3. The van der Waals surface area contributed by atoms with Gasteiger partial charge >= 0.3 is 11.7 Å². The molecule has 4 aromatic carbocycles. The summed E-state index contributed by atoms with van der Waals surface area (Å²) in [4.78, 5) is 29.5. The summed E-state index contributed by atoms with van der Waals surface area (Å²) in [6.45, 7) is 5.60. The quantitative estimate of drug-likeness (QED) is 0.151. The summed E-state index contributed by atoms with van der Waals surface area (Å²) in [5.74, 6) is 0. The molecule has 0 amide bonds. The molecule has 9 heteroatoms. The Hall–Kier alpha value is -3.87. The van der Waals surface area contributed by atoms with Crippen molar-refractivity contribution in [2.45, 2.75) is 32.5 Å². The number of rotatable bonds is 8. The van der Waals surface area contributed by atoms with Crippen LogP contribution in [0.2, 0.25) is 0 Å². The predicted octanol–water partition coefficient (Wildman–Crippen LogP) is 2.94. The zero-order valence-corrected chi connectivity index (χ0v) is 24.7. The number of hydrogen-bond donors (Lipinski definition) is 0. The van der Waals surface area contributed by atoms with Crippen molar-refractivity contribution in [1.82, 2.24) is 4.98 Å². The first kappa shape index (κ1) is 29.1. The fraction of sp³-hybridized carbons (Fsp3) is 0.161. The van der Waals surface area contributed by atoms with Gasteiger partial charge in [-0.1, -0.05) is 54.6 Å². The molecule has 5 rings (SSSR count). The molecule has 5 aromatic rings. The Labute approximate surface area is 243 Å². The third kappa shape index (κ3) is 5.29. The van der Waals surface area contributed by atoms with E-state index >= 15 is 0 Å². The first-order valence-electron chi connectivity index (χ1n) is 12.7. The minimum absolute atomic E-state index is 0. The van der Waals surface area contributed by atoms with Gasteiger partial charge in [0, 0.05) is 17.7 Å².